The summed E-state index contributed by atoms with van der Waals surface area (Å²) in [7, 11) is 0. The van der Waals surface area contributed by atoms with Gasteiger partial charge in [0.05, 0.1) is 0 Å². The summed E-state index contributed by atoms with van der Waals surface area (Å²) >= 11 is 0. The van der Waals surface area contributed by atoms with Gasteiger partial charge < -0.3 is 4.74 Å². The molecular weight excluding hydrogens is 297 g/mol. The van der Waals surface area contributed by atoms with Crippen LogP contribution in [0.4, 0.5) is 23.7 Å². The number of halogens is 3. The number of piperidine rings is 1. The highest BCUT2D eigenvalue weighted by Crippen LogP contribution is 2.25. The van der Waals surface area contributed by atoms with Crippen LogP contribution in [0.1, 0.15) is 19.3 Å². The third-order valence-corrected chi connectivity index (χ3v) is 3.51. The lowest BCUT2D eigenvalue weighted by Crippen LogP contribution is -2.46. The van der Waals surface area contributed by atoms with Gasteiger partial charge in [-0.15, -0.1) is 0 Å². The molecule has 1 amide bonds. The number of likely N-dealkylation sites (tertiary alicyclic amines) is 1. The molecule has 1 aromatic carbocycles. The van der Waals surface area contributed by atoms with Crippen LogP contribution >= 0.6 is 0 Å². The van der Waals surface area contributed by atoms with Crippen LogP contribution in [-0.2, 0) is 4.74 Å². The number of amides is 1. The summed E-state index contributed by atoms with van der Waals surface area (Å²) in [6.07, 6.45) is -5.00. The Morgan fingerprint density at radius 2 is 1.82 bits per heavy atom. The number of hydrogen-bond donors (Lipinski definition) is 1. The summed E-state index contributed by atoms with van der Waals surface area (Å²) in [4.78, 5) is 13.4. The van der Waals surface area contributed by atoms with Crippen molar-refractivity contribution in [2.75, 3.05) is 25.0 Å². The highest BCUT2D eigenvalue weighted by Gasteiger charge is 2.44. The monoisotopic (exact) mass is 316 g/mol. The molecule has 1 atom stereocenters. The quantitative estimate of drug-likeness (QED) is 0.922. The van der Waals surface area contributed by atoms with E-state index in [-0.39, 0.29) is 6.54 Å². The number of benzene rings is 1. The molecule has 0 aliphatic carbocycles. The zero-order valence-corrected chi connectivity index (χ0v) is 12.1. The molecular formula is C15H19F3N2O2. The smallest absolute Gasteiger partial charge is 0.426 e. The van der Waals surface area contributed by atoms with E-state index >= 15 is 0 Å². The van der Waals surface area contributed by atoms with Crippen LogP contribution in [-0.4, -0.2) is 42.9 Å². The average molecular weight is 316 g/mol. The molecule has 0 spiro atoms. The molecule has 1 N–H and O–H groups in total. The Morgan fingerprint density at radius 1 is 1.18 bits per heavy atom. The maximum absolute atomic E-state index is 13.0. The fourth-order valence-corrected chi connectivity index (χ4v) is 2.38. The Morgan fingerprint density at radius 3 is 2.41 bits per heavy atom. The van der Waals surface area contributed by atoms with Gasteiger partial charge in [-0.05, 0) is 38.1 Å². The third kappa shape index (κ3) is 5.22. The van der Waals surface area contributed by atoms with E-state index in [1.807, 2.05) is 0 Å². The van der Waals surface area contributed by atoms with Gasteiger partial charge in [0.2, 0.25) is 6.10 Å². The molecule has 1 aliphatic rings. The van der Waals surface area contributed by atoms with E-state index in [1.165, 1.54) is 0 Å². The Balaban J connectivity index is 1.92. The van der Waals surface area contributed by atoms with Gasteiger partial charge >= 0.3 is 12.3 Å². The second kappa shape index (κ2) is 7.49. The summed E-state index contributed by atoms with van der Waals surface area (Å²) in [5, 5.41) is 2.30. The van der Waals surface area contributed by atoms with Crippen LogP contribution < -0.4 is 5.32 Å². The van der Waals surface area contributed by atoms with Gasteiger partial charge in [0.25, 0.3) is 0 Å². The lowest BCUT2D eigenvalue weighted by molar-refractivity contribution is -0.207. The molecule has 0 bridgehead atoms. The van der Waals surface area contributed by atoms with Crippen molar-refractivity contribution in [3.63, 3.8) is 0 Å². The Hall–Kier alpha value is -1.76. The van der Waals surface area contributed by atoms with Crippen molar-refractivity contribution in [2.45, 2.75) is 31.5 Å². The SMILES string of the molecule is O=C(Nc1ccccc1)O[C@@H](CN1CCCCC1)C(F)(F)F. The maximum Gasteiger partial charge on any atom is 0.426 e. The number of nitrogens with one attached hydrogen (secondary N) is 1. The zero-order chi connectivity index (χ0) is 16.0. The van der Waals surface area contributed by atoms with Crippen molar-refractivity contribution in [3.05, 3.63) is 30.3 Å². The highest BCUT2D eigenvalue weighted by molar-refractivity contribution is 5.84. The molecule has 1 aliphatic heterocycles. The van der Waals surface area contributed by atoms with Crippen LogP contribution in [0.5, 0.6) is 0 Å². The molecule has 1 aromatic rings. The summed E-state index contributed by atoms with van der Waals surface area (Å²) < 4.78 is 43.7. The summed E-state index contributed by atoms with van der Waals surface area (Å²) in [5.74, 6) is 0. The first-order valence-electron chi connectivity index (χ1n) is 7.27. The van der Waals surface area contributed by atoms with Crippen molar-refractivity contribution >= 4 is 11.8 Å². The van der Waals surface area contributed by atoms with E-state index < -0.39 is 18.4 Å². The number of carbonyl (C=O) groups excluding carboxylic acids is 1. The third-order valence-electron chi connectivity index (χ3n) is 3.51. The van der Waals surface area contributed by atoms with Crippen molar-refractivity contribution in [2.24, 2.45) is 0 Å². The predicted octanol–water partition coefficient (Wildman–Crippen LogP) is 3.65. The molecule has 7 heteroatoms. The van der Waals surface area contributed by atoms with Crippen molar-refractivity contribution in [3.8, 4) is 0 Å². The molecule has 0 aromatic heterocycles. The van der Waals surface area contributed by atoms with Crippen LogP contribution in [0, 0.1) is 0 Å². The molecule has 1 saturated heterocycles. The number of rotatable bonds is 4. The highest BCUT2D eigenvalue weighted by atomic mass is 19.4. The van der Waals surface area contributed by atoms with Gasteiger partial charge in [-0.3, -0.25) is 10.2 Å². The van der Waals surface area contributed by atoms with Gasteiger partial charge in [-0.1, -0.05) is 24.6 Å². The minimum Gasteiger partial charge on any atom is -0.435 e. The molecule has 122 valence electrons. The lowest BCUT2D eigenvalue weighted by atomic mass is 10.1. The first-order valence-corrected chi connectivity index (χ1v) is 7.27. The summed E-state index contributed by atoms with van der Waals surface area (Å²) in [6, 6.07) is 8.24. The summed E-state index contributed by atoms with van der Waals surface area (Å²) in [6.45, 7) is 0.901. The van der Waals surface area contributed by atoms with Gasteiger partial charge in [0.1, 0.15) is 0 Å². The molecule has 2 rings (SSSR count). The van der Waals surface area contributed by atoms with Crippen LogP contribution in [0.25, 0.3) is 0 Å². The van der Waals surface area contributed by atoms with Crippen LogP contribution in [0.15, 0.2) is 30.3 Å². The van der Waals surface area contributed by atoms with Crippen molar-refractivity contribution < 1.29 is 22.7 Å². The Kier molecular flexibility index (Phi) is 5.65. The molecule has 4 nitrogen and oxygen atoms in total. The maximum atomic E-state index is 13.0. The first-order chi connectivity index (χ1) is 10.4. The van der Waals surface area contributed by atoms with Gasteiger partial charge in [-0.25, -0.2) is 4.79 Å². The Labute approximate surface area is 127 Å². The van der Waals surface area contributed by atoms with E-state index in [1.54, 1.807) is 35.2 Å². The topological polar surface area (TPSA) is 41.6 Å². The standard InChI is InChI=1S/C15H19F3N2O2/c16-15(17,18)13(11-20-9-5-2-6-10-20)22-14(21)19-12-7-3-1-4-8-12/h1,3-4,7-8,13H,2,5-6,9-11H2,(H,19,21)/t13-/m0/s1. The summed E-state index contributed by atoms with van der Waals surface area (Å²) in [5.41, 5.74) is 0.395. The van der Waals surface area contributed by atoms with E-state index in [2.05, 4.69) is 10.1 Å². The molecule has 0 radical (unpaired) electrons. The second-order valence-electron chi connectivity index (χ2n) is 5.29. The number of anilines is 1. The lowest BCUT2D eigenvalue weighted by Gasteiger charge is -2.30. The minimum atomic E-state index is -4.58. The number of nitrogens with zero attached hydrogens (tertiary/aromatic N) is 1. The van der Waals surface area contributed by atoms with Crippen molar-refractivity contribution in [1.82, 2.24) is 4.90 Å². The van der Waals surface area contributed by atoms with E-state index in [0.29, 0.717) is 18.8 Å². The molecule has 22 heavy (non-hydrogen) atoms. The van der Waals surface area contributed by atoms with Gasteiger partial charge in [0.15, 0.2) is 0 Å². The predicted molar refractivity (Wildman–Crippen MR) is 76.7 cm³/mol. The number of carbonyl (C=O) groups is 1. The number of para-hydroxylation sites is 1. The number of alkyl halides is 3. The molecule has 1 fully saturated rings. The van der Waals surface area contributed by atoms with Crippen molar-refractivity contribution in [1.29, 1.82) is 0 Å². The van der Waals surface area contributed by atoms with Crippen LogP contribution in [0.3, 0.4) is 0 Å². The van der Waals surface area contributed by atoms with Gasteiger partial charge in [0, 0.05) is 12.2 Å². The minimum absolute atomic E-state index is 0.314. The zero-order valence-electron chi connectivity index (χ0n) is 12.1. The normalized spacial score (nSPS) is 17.8. The molecule has 1 heterocycles. The first kappa shape index (κ1) is 16.6. The number of ether oxygens (including phenoxy) is 1. The largest absolute Gasteiger partial charge is 0.435 e. The second-order valence-corrected chi connectivity index (χ2v) is 5.29. The molecule has 0 unspecified atom stereocenters. The van der Waals surface area contributed by atoms with E-state index in [9.17, 15) is 18.0 Å². The van der Waals surface area contributed by atoms with Gasteiger partial charge in [-0.2, -0.15) is 13.2 Å². The molecule has 0 saturated carbocycles. The van der Waals surface area contributed by atoms with Crippen LogP contribution in [0.2, 0.25) is 0 Å². The van der Waals surface area contributed by atoms with E-state index in [4.69, 9.17) is 0 Å². The Bertz CT molecular complexity index is 473. The number of hydrogen-bond acceptors (Lipinski definition) is 3. The fraction of sp³-hybridized carbons (Fsp3) is 0.533. The average Bonchev–Trinajstić information content (AvgIpc) is 2.48. The van der Waals surface area contributed by atoms with E-state index in [0.717, 1.165) is 19.3 Å². The fourth-order valence-electron chi connectivity index (χ4n) is 2.38.